The van der Waals surface area contributed by atoms with Gasteiger partial charge in [0, 0.05) is 17.8 Å². The number of carbonyl (C=O) groups is 1. The van der Waals surface area contributed by atoms with Crippen molar-refractivity contribution < 1.29 is 4.79 Å². The van der Waals surface area contributed by atoms with Crippen molar-refractivity contribution in [2.24, 2.45) is 10.4 Å². The molecular weight excluding hydrogens is 210 g/mol. The van der Waals surface area contributed by atoms with Crippen LogP contribution < -0.4 is 0 Å². The number of rotatable bonds is 6. The average Bonchev–Trinajstić information content (AvgIpc) is 2.35. The zero-order valence-corrected chi connectivity index (χ0v) is 11.5. The van der Waals surface area contributed by atoms with Crippen molar-refractivity contribution in [2.75, 3.05) is 0 Å². The molecule has 0 saturated carbocycles. The second-order valence-corrected chi connectivity index (χ2v) is 4.37. The van der Waals surface area contributed by atoms with Gasteiger partial charge in [0.2, 0.25) is 0 Å². The van der Waals surface area contributed by atoms with Crippen LogP contribution >= 0.6 is 0 Å². The summed E-state index contributed by atoms with van der Waals surface area (Å²) in [6.45, 7) is 9.87. The van der Waals surface area contributed by atoms with Crippen LogP contribution in [-0.4, -0.2) is 12.5 Å². The number of hydrogen-bond acceptors (Lipinski definition) is 2. The van der Waals surface area contributed by atoms with Crippen LogP contribution in [0.4, 0.5) is 0 Å². The number of aldehydes is 1. The van der Waals surface area contributed by atoms with Gasteiger partial charge in [-0.15, -0.1) is 0 Å². The van der Waals surface area contributed by atoms with E-state index in [2.05, 4.69) is 4.99 Å². The Morgan fingerprint density at radius 1 is 1.29 bits per heavy atom. The van der Waals surface area contributed by atoms with E-state index in [1.165, 1.54) is 0 Å². The Kier molecular flexibility index (Phi) is 7.11. The first-order valence-corrected chi connectivity index (χ1v) is 5.96. The van der Waals surface area contributed by atoms with Crippen LogP contribution in [-0.2, 0) is 4.79 Å². The van der Waals surface area contributed by atoms with Crippen molar-refractivity contribution in [1.82, 2.24) is 0 Å². The van der Waals surface area contributed by atoms with E-state index in [4.69, 9.17) is 0 Å². The van der Waals surface area contributed by atoms with Gasteiger partial charge in [0.1, 0.15) is 6.29 Å². The number of hydrogen-bond donors (Lipinski definition) is 0. The molecule has 0 saturated heterocycles. The van der Waals surface area contributed by atoms with E-state index in [9.17, 15) is 4.79 Å². The van der Waals surface area contributed by atoms with Crippen LogP contribution in [0.15, 0.2) is 40.6 Å². The second-order valence-electron chi connectivity index (χ2n) is 4.37. The normalized spacial score (nSPS) is 17.7. The third-order valence-corrected chi connectivity index (χ3v) is 3.06. The lowest BCUT2D eigenvalue weighted by atomic mass is 9.81. The van der Waals surface area contributed by atoms with E-state index >= 15 is 0 Å². The minimum absolute atomic E-state index is 0.345. The Morgan fingerprint density at radius 3 is 2.41 bits per heavy atom. The maximum absolute atomic E-state index is 11.1. The molecule has 0 radical (unpaired) electrons. The molecule has 0 spiro atoms. The Balaban J connectivity index is 4.81. The summed E-state index contributed by atoms with van der Waals surface area (Å²) in [7, 11) is 0. The molecule has 0 aliphatic heterocycles. The summed E-state index contributed by atoms with van der Waals surface area (Å²) >= 11 is 0. The van der Waals surface area contributed by atoms with Gasteiger partial charge >= 0.3 is 0 Å². The number of nitrogens with zero attached hydrogens (tertiary/aromatic N) is 1. The van der Waals surface area contributed by atoms with Crippen LogP contribution in [0.5, 0.6) is 0 Å². The lowest BCUT2D eigenvalue weighted by Crippen LogP contribution is -2.18. The van der Waals surface area contributed by atoms with E-state index in [1.807, 2.05) is 52.8 Å². The van der Waals surface area contributed by atoms with Crippen LogP contribution in [0.25, 0.3) is 0 Å². The van der Waals surface area contributed by atoms with Crippen molar-refractivity contribution in [3.8, 4) is 0 Å². The molecule has 2 nitrogen and oxygen atoms in total. The highest BCUT2D eigenvalue weighted by atomic mass is 16.1. The van der Waals surface area contributed by atoms with Gasteiger partial charge < -0.3 is 4.79 Å². The molecule has 0 aromatic rings. The number of carbonyl (C=O) groups excluding carboxylic acids is 1. The molecule has 0 N–H and O–H groups in total. The second kappa shape index (κ2) is 7.77. The molecule has 1 unspecified atom stereocenters. The van der Waals surface area contributed by atoms with Crippen molar-refractivity contribution in [3.63, 3.8) is 0 Å². The highest BCUT2D eigenvalue weighted by molar-refractivity contribution is 5.64. The highest BCUT2D eigenvalue weighted by Gasteiger charge is 2.22. The third kappa shape index (κ3) is 5.43. The molecule has 0 bridgehead atoms. The molecule has 1 atom stereocenters. The number of allylic oxidation sites excluding steroid dienone is 5. The molecule has 0 rings (SSSR count). The molecule has 0 amide bonds. The maximum Gasteiger partial charge on any atom is 0.129 e. The van der Waals surface area contributed by atoms with Crippen LogP contribution in [0.1, 0.15) is 41.0 Å². The van der Waals surface area contributed by atoms with Gasteiger partial charge in [0.25, 0.3) is 0 Å². The quantitative estimate of drug-likeness (QED) is 0.386. The predicted octanol–water partition coefficient (Wildman–Crippen LogP) is 4.10. The maximum atomic E-state index is 11.1. The van der Waals surface area contributed by atoms with Gasteiger partial charge in [0.15, 0.2) is 0 Å². The average molecular weight is 233 g/mol. The van der Waals surface area contributed by atoms with Crippen molar-refractivity contribution in [3.05, 3.63) is 35.6 Å². The minimum atomic E-state index is -0.345. The van der Waals surface area contributed by atoms with E-state index in [0.717, 1.165) is 23.9 Å². The molecular formula is C15H23NO. The lowest BCUT2D eigenvalue weighted by molar-refractivity contribution is -0.113. The smallest absolute Gasteiger partial charge is 0.129 e. The fourth-order valence-corrected chi connectivity index (χ4v) is 1.20. The first-order chi connectivity index (χ1) is 8.00. The Labute approximate surface area is 105 Å². The topological polar surface area (TPSA) is 29.4 Å². The van der Waals surface area contributed by atoms with Crippen LogP contribution in [0.2, 0.25) is 0 Å². The minimum Gasteiger partial charge on any atom is -0.302 e. The van der Waals surface area contributed by atoms with Crippen LogP contribution in [0.3, 0.4) is 0 Å². The predicted molar refractivity (Wildman–Crippen MR) is 75.3 cm³/mol. The Morgan fingerprint density at radius 2 is 1.94 bits per heavy atom. The largest absolute Gasteiger partial charge is 0.302 e. The summed E-state index contributed by atoms with van der Waals surface area (Å²) in [4.78, 5) is 15.1. The van der Waals surface area contributed by atoms with Crippen molar-refractivity contribution in [2.45, 2.75) is 41.0 Å². The molecule has 0 aromatic carbocycles. The molecule has 0 fully saturated rings. The van der Waals surface area contributed by atoms with Gasteiger partial charge in [-0.05, 0) is 45.8 Å². The van der Waals surface area contributed by atoms with E-state index in [1.54, 1.807) is 12.4 Å². The van der Waals surface area contributed by atoms with Crippen LogP contribution in [0, 0.1) is 5.41 Å². The van der Waals surface area contributed by atoms with E-state index in [0.29, 0.717) is 0 Å². The highest BCUT2D eigenvalue weighted by Crippen LogP contribution is 2.27. The summed E-state index contributed by atoms with van der Waals surface area (Å²) in [5.41, 5.74) is 1.85. The first kappa shape index (κ1) is 15.6. The zero-order chi connectivity index (χ0) is 13.3. The fourth-order valence-electron chi connectivity index (χ4n) is 1.20. The van der Waals surface area contributed by atoms with Gasteiger partial charge in [0.05, 0.1) is 0 Å². The lowest BCUT2D eigenvalue weighted by Gasteiger charge is -2.21. The summed E-state index contributed by atoms with van der Waals surface area (Å²) in [6.07, 6.45) is 11.3. The molecule has 0 aromatic heterocycles. The molecule has 17 heavy (non-hydrogen) atoms. The van der Waals surface area contributed by atoms with Gasteiger partial charge in [-0.2, -0.15) is 0 Å². The third-order valence-electron chi connectivity index (χ3n) is 3.06. The van der Waals surface area contributed by atoms with E-state index < -0.39 is 0 Å². The first-order valence-electron chi connectivity index (χ1n) is 5.96. The monoisotopic (exact) mass is 233 g/mol. The summed E-state index contributed by atoms with van der Waals surface area (Å²) in [6, 6.07) is 0. The van der Waals surface area contributed by atoms with Gasteiger partial charge in [-0.3, -0.25) is 4.99 Å². The standard InChI is InChI=1S/C15H23NO/c1-6-15(5,12-17)14(4)9-8-13(3)10-11-16-7-2/h7-12H,6H2,1-5H3/b11-10+,13-8-,14-9+,16-7+. The molecule has 2 heteroatoms. The molecule has 0 heterocycles. The van der Waals surface area contributed by atoms with Gasteiger partial charge in [-0.1, -0.05) is 24.6 Å². The summed E-state index contributed by atoms with van der Waals surface area (Å²) in [5, 5.41) is 0. The van der Waals surface area contributed by atoms with E-state index in [-0.39, 0.29) is 5.41 Å². The SMILES string of the molecule is C/C=N/C=C/C(C)=C\C=C(/C)C(C)(C=O)CC. The Bertz CT molecular complexity index is 361. The summed E-state index contributed by atoms with van der Waals surface area (Å²) < 4.78 is 0. The van der Waals surface area contributed by atoms with Crippen molar-refractivity contribution in [1.29, 1.82) is 0 Å². The Hall–Kier alpha value is -1.44. The fraction of sp³-hybridized carbons (Fsp3) is 0.467. The molecule has 0 aliphatic carbocycles. The zero-order valence-electron chi connectivity index (χ0n) is 11.5. The summed E-state index contributed by atoms with van der Waals surface area (Å²) in [5.74, 6) is 0. The number of aliphatic imine (C=N–C) groups is 1. The molecule has 0 aliphatic rings. The van der Waals surface area contributed by atoms with Crippen molar-refractivity contribution >= 4 is 12.5 Å². The molecule has 94 valence electrons. The van der Waals surface area contributed by atoms with Gasteiger partial charge in [-0.25, -0.2) is 0 Å².